The minimum absolute atomic E-state index is 0.00352. The lowest BCUT2D eigenvalue weighted by Crippen LogP contribution is -2.53. The first-order valence-corrected chi connectivity index (χ1v) is 12.3. The molecule has 0 spiro atoms. The van der Waals surface area contributed by atoms with E-state index in [0.29, 0.717) is 19.3 Å². The first kappa shape index (κ1) is 22.1. The molecule has 8 nitrogen and oxygen atoms in total. The summed E-state index contributed by atoms with van der Waals surface area (Å²) >= 11 is 6.14. The van der Waals surface area contributed by atoms with Gasteiger partial charge in [0.2, 0.25) is 11.8 Å². The molecule has 3 atom stereocenters. The molecule has 3 fully saturated rings. The van der Waals surface area contributed by atoms with E-state index in [2.05, 4.69) is 11.4 Å². The van der Waals surface area contributed by atoms with Gasteiger partial charge in [0.05, 0.1) is 27.3 Å². The number of sulfone groups is 1. The SMILES string of the molecule is CN1CCC[C@H]1C(=O)N1CC(S(=O)(=O)c2ccccc2Cl)CC1C(=O)NC1(C#N)CC1. The third kappa shape index (κ3) is 4.04. The van der Waals surface area contributed by atoms with E-state index in [4.69, 9.17) is 11.6 Å². The standard InChI is InChI=1S/C21H25ClN4O4S/c1-25-10-4-6-16(25)20(28)26-12-14(31(29,30)18-7-3-2-5-15(18)22)11-17(26)19(27)24-21(13-23)8-9-21/h2-3,5,7,14,16-17H,4,6,8-12H2,1H3,(H,24,27)/t14?,16-,17?/m0/s1. The number of likely N-dealkylation sites (N-methyl/N-ethyl adjacent to an activating group) is 1. The second-order valence-electron chi connectivity index (χ2n) is 8.66. The number of hydrogen-bond donors (Lipinski definition) is 1. The summed E-state index contributed by atoms with van der Waals surface area (Å²) in [6, 6.07) is 6.99. The number of likely N-dealkylation sites (tertiary alicyclic amines) is 2. The van der Waals surface area contributed by atoms with E-state index in [-0.39, 0.29) is 34.8 Å². The van der Waals surface area contributed by atoms with Gasteiger partial charge in [-0.1, -0.05) is 23.7 Å². The van der Waals surface area contributed by atoms with Crippen molar-refractivity contribution in [2.24, 2.45) is 0 Å². The normalized spacial score (nSPS) is 27.6. The van der Waals surface area contributed by atoms with Crippen LogP contribution in [0.2, 0.25) is 5.02 Å². The first-order valence-electron chi connectivity index (χ1n) is 10.4. The minimum Gasteiger partial charge on any atom is -0.336 e. The Morgan fingerprint density at radius 3 is 2.55 bits per heavy atom. The van der Waals surface area contributed by atoms with Crippen LogP contribution < -0.4 is 5.32 Å². The largest absolute Gasteiger partial charge is 0.336 e. The molecular formula is C21H25ClN4O4S. The average molecular weight is 465 g/mol. The first-order chi connectivity index (χ1) is 14.7. The van der Waals surface area contributed by atoms with Crippen molar-refractivity contribution in [3.05, 3.63) is 29.3 Å². The van der Waals surface area contributed by atoms with Crippen LogP contribution in [0.3, 0.4) is 0 Å². The number of amides is 2. The lowest BCUT2D eigenvalue weighted by Gasteiger charge is -2.29. The molecule has 0 aromatic heterocycles. The van der Waals surface area contributed by atoms with Gasteiger partial charge in [-0.3, -0.25) is 14.5 Å². The smallest absolute Gasteiger partial charge is 0.244 e. The number of carbonyl (C=O) groups is 2. The molecule has 2 aliphatic heterocycles. The Morgan fingerprint density at radius 1 is 1.26 bits per heavy atom. The molecule has 2 heterocycles. The third-order valence-corrected chi connectivity index (χ3v) is 9.19. The molecule has 1 N–H and O–H groups in total. The molecule has 166 valence electrons. The number of rotatable bonds is 5. The molecule has 2 amide bonds. The molecule has 10 heteroatoms. The Morgan fingerprint density at radius 2 is 1.97 bits per heavy atom. The third-order valence-electron chi connectivity index (χ3n) is 6.56. The summed E-state index contributed by atoms with van der Waals surface area (Å²) in [7, 11) is -2.00. The van der Waals surface area contributed by atoms with Crippen LogP contribution in [-0.2, 0) is 19.4 Å². The fourth-order valence-electron chi connectivity index (χ4n) is 4.49. The van der Waals surface area contributed by atoms with Crippen LogP contribution in [-0.4, -0.2) is 73.0 Å². The van der Waals surface area contributed by atoms with E-state index in [0.717, 1.165) is 13.0 Å². The van der Waals surface area contributed by atoms with Crippen LogP contribution in [0.25, 0.3) is 0 Å². The van der Waals surface area contributed by atoms with Gasteiger partial charge in [-0.2, -0.15) is 5.26 Å². The van der Waals surface area contributed by atoms with Gasteiger partial charge >= 0.3 is 0 Å². The van der Waals surface area contributed by atoms with E-state index >= 15 is 0 Å². The molecule has 2 unspecified atom stereocenters. The minimum atomic E-state index is -3.86. The molecule has 4 rings (SSSR count). The van der Waals surface area contributed by atoms with Crippen LogP contribution in [0.1, 0.15) is 32.1 Å². The number of hydrogen-bond acceptors (Lipinski definition) is 6. The highest BCUT2D eigenvalue weighted by atomic mass is 35.5. The summed E-state index contributed by atoms with van der Waals surface area (Å²) in [6.07, 6.45) is 2.63. The zero-order chi connectivity index (χ0) is 22.4. The highest BCUT2D eigenvalue weighted by molar-refractivity contribution is 7.92. The van der Waals surface area contributed by atoms with E-state index in [1.807, 2.05) is 11.9 Å². The number of halogens is 1. The zero-order valence-electron chi connectivity index (χ0n) is 17.3. The van der Waals surface area contributed by atoms with Gasteiger partial charge in [-0.15, -0.1) is 0 Å². The fourth-order valence-corrected chi connectivity index (χ4v) is 6.71. The second-order valence-corrected chi connectivity index (χ2v) is 11.3. The Labute approximate surface area is 187 Å². The van der Waals surface area contributed by atoms with Crippen molar-refractivity contribution in [3.63, 3.8) is 0 Å². The molecule has 1 aromatic carbocycles. The molecule has 0 bridgehead atoms. The predicted molar refractivity (Wildman–Crippen MR) is 114 cm³/mol. The van der Waals surface area contributed by atoms with Gasteiger partial charge in [0.1, 0.15) is 11.6 Å². The molecular weight excluding hydrogens is 440 g/mol. The van der Waals surface area contributed by atoms with Gasteiger partial charge in [-0.05, 0) is 57.8 Å². The van der Waals surface area contributed by atoms with Gasteiger partial charge in [0, 0.05) is 6.54 Å². The summed E-state index contributed by atoms with van der Waals surface area (Å²) < 4.78 is 26.6. The Balaban J connectivity index is 1.63. The second kappa shape index (κ2) is 8.08. The van der Waals surface area contributed by atoms with Gasteiger partial charge in [-0.25, -0.2) is 8.42 Å². The molecule has 1 saturated carbocycles. The van der Waals surface area contributed by atoms with Gasteiger partial charge in [0.25, 0.3) is 0 Å². The summed E-state index contributed by atoms with van der Waals surface area (Å²) in [6.45, 7) is 0.703. The summed E-state index contributed by atoms with van der Waals surface area (Å²) in [5.74, 6) is -0.705. The zero-order valence-corrected chi connectivity index (χ0v) is 18.8. The Hall–Kier alpha value is -2.15. The molecule has 2 saturated heterocycles. The highest BCUT2D eigenvalue weighted by Crippen LogP contribution is 2.37. The van der Waals surface area contributed by atoms with Crippen molar-refractivity contribution < 1.29 is 18.0 Å². The lowest BCUT2D eigenvalue weighted by molar-refractivity contribution is -0.141. The van der Waals surface area contributed by atoms with Crippen LogP contribution in [0.15, 0.2) is 29.2 Å². The van der Waals surface area contributed by atoms with Crippen molar-refractivity contribution in [2.75, 3.05) is 20.1 Å². The van der Waals surface area contributed by atoms with E-state index in [1.165, 1.54) is 17.0 Å². The van der Waals surface area contributed by atoms with Crippen LogP contribution in [0.4, 0.5) is 0 Å². The predicted octanol–water partition coefficient (Wildman–Crippen LogP) is 1.35. The van der Waals surface area contributed by atoms with Crippen LogP contribution in [0, 0.1) is 11.3 Å². The maximum absolute atomic E-state index is 13.3. The Kier molecular flexibility index (Phi) is 5.75. The van der Waals surface area contributed by atoms with Crippen molar-refractivity contribution in [1.29, 1.82) is 5.26 Å². The van der Waals surface area contributed by atoms with E-state index in [9.17, 15) is 23.3 Å². The van der Waals surface area contributed by atoms with Crippen molar-refractivity contribution in [3.8, 4) is 6.07 Å². The van der Waals surface area contributed by atoms with E-state index < -0.39 is 32.6 Å². The van der Waals surface area contributed by atoms with E-state index in [1.54, 1.807) is 12.1 Å². The maximum Gasteiger partial charge on any atom is 0.244 e. The average Bonchev–Trinajstić information content (AvgIpc) is 3.15. The number of nitriles is 1. The number of nitrogens with one attached hydrogen (secondary N) is 1. The van der Waals surface area contributed by atoms with Gasteiger partial charge < -0.3 is 10.2 Å². The summed E-state index contributed by atoms with van der Waals surface area (Å²) in [4.78, 5) is 29.7. The maximum atomic E-state index is 13.3. The number of benzene rings is 1. The van der Waals surface area contributed by atoms with Crippen LogP contribution >= 0.6 is 11.6 Å². The quantitative estimate of drug-likeness (QED) is 0.704. The number of carbonyl (C=O) groups excluding carboxylic acids is 2. The molecule has 0 radical (unpaired) electrons. The monoisotopic (exact) mass is 464 g/mol. The molecule has 31 heavy (non-hydrogen) atoms. The topological polar surface area (TPSA) is 111 Å². The molecule has 3 aliphatic rings. The van der Waals surface area contributed by atoms with Crippen molar-refractivity contribution in [1.82, 2.24) is 15.1 Å². The number of nitrogens with zero attached hydrogens (tertiary/aromatic N) is 3. The van der Waals surface area contributed by atoms with Crippen molar-refractivity contribution in [2.45, 2.75) is 59.9 Å². The van der Waals surface area contributed by atoms with Gasteiger partial charge in [0.15, 0.2) is 9.84 Å². The summed E-state index contributed by atoms with van der Waals surface area (Å²) in [5, 5.41) is 11.2. The molecule has 1 aliphatic carbocycles. The summed E-state index contributed by atoms with van der Waals surface area (Å²) in [5.41, 5.74) is -0.893. The fraction of sp³-hybridized carbons (Fsp3) is 0.571. The highest BCUT2D eigenvalue weighted by Gasteiger charge is 2.51. The van der Waals surface area contributed by atoms with Crippen LogP contribution in [0.5, 0.6) is 0 Å². The Bertz CT molecular complexity index is 1050. The molecule has 1 aromatic rings. The van der Waals surface area contributed by atoms with Crippen molar-refractivity contribution >= 4 is 33.3 Å². The lowest BCUT2D eigenvalue weighted by atomic mass is 10.1.